The van der Waals surface area contributed by atoms with E-state index in [-0.39, 0.29) is 47.0 Å². The molecule has 122 valence electrons. The van der Waals surface area contributed by atoms with Gasteiger partial charge in [-0.3, -0.25) is 24.6 Å². The zero-order chi connectivity index (χ0) is 17.4. The quantitative estimate of drug-likeness (QED) is 0.456. The van der Waals surface area contributed by atoms with Crippen molar-refractivity contribution in [2.45, 2.75) is 12.8 Å². The largest absolute Gasteiger partial charge is 0.550 e. The van der Waals surface area contributed by atoms with Crippen molar-refractivity contribution < 1.29 is 24.4 Å². The molecule has 2 amide bonds. The molecule has 1 heterocycles. The van der Waals surface area contributed by atoms with Crippen LogP contribution in [0.4, 0.5) is 5.69 Å². The number of carbonyl (C=O) groups excluding carboxylic acids is 3. The van der Waals surface area contributed by atoms with E-state index in [0.717, 1.165) is 4.90 Å². The molecule has 0 saturated carbocycles. The van der Waals surface area contributed by atoms with Gasteiger partial charge in [-0.2, -0.15) is 0 Å². The van der Waals surface area contributed by atoms with E-state index in [1.165, 1.54) is 30.3 Å². The number of non-ortho nitro benzene ring substituents is 1. The van der Waals surface area contributed by atoms with Gasteiger partial charge in [0.05, 0.1) is 10.3 Å². The van der Waals surface area contributed by atoms with Crippen molar-refractivity contribution in [3.63, 3.8) is 0 Å². The monoisotopic (exact) mass is 327 g/mol. The van der Waals surface area contributed by atoms with Gasteiger partial charge in [0.1, 0.15) is 0 Å². The molecular weight excluding hydrogens is 316 g/mol. The van der Waals surface area contributed by atoms with Crippen LogP contribution in [0.2, 0.25) is 0 Å². The van der Waals surface area contributed by atoms with Crippen molar-refractivity contribution in [1.29, 1.82) is 0 Å². The number of rotatable bonds is 5. The van der Waals surface area contributed by atoms with E-state index in [4.69, 9.17) is 0 Å². The number of amides is 2. The Morgan fingerprint density at radius 2 is 1.75 bits per heavy atom. The molecule has 0 N–H and O–H groups in total. The molecule has 24 heavy (non-hydrogen) atoms. The molecule has 0 saturated heterocycles. The van der Waals surface area contributed by atoms with E-state index >= 15 is 0 Å². The topological polar surface area (TPSA) is 121 Å². The highest BCUT2D eigenvalue weighted by atomic mass is 16.6. The molecule has 1 aliphatic heterocycles. The summed E-state index contributed by atoms with van der Waals surface area (Å²) < 4.78 is 0. The number of nitrogens with zero attached hydrogens (tertiary/aromatic N) is 2. The Morgan fingerprint density at radius 3 is 2.38 bits per heavy atom. The van der Waals surface area contributed by atoms with Gasteiger partial charge in [-0.05, 0) is 31.0 Å². The third kappa shape index (κ3) is 2.37. The van der Waals surface area contributed by atoms with Gasteiger partial charge in [-0.15, -0.1) is 0 Å². The van der Waals surface area contributed by atoms with Crippen LogP contribution in [0.15, 0.2) is 30.3 Å². The Kier molecular flexibility index (Phi) is 3.72. The van der Waals surface area contributed by atoms with Crippen molar-refractivity contribution in [2.75, 3.05) is 6.54 Å². The third-order valence-electron chi connectivity index (χ3n) is 3.93. The second-order valence-corrected chi connectivity index (χ2v) is 5.35. The van der Waals surface area contributed by atoms with E-state index in [1.807, 2.05) is 0 Å². The number of hydrogen-bond donors (Lipinski definition) is 0. The first kappa shape index (κ1) is 15.6. The van der Waals surface area contributed by atoms with Crippen LogP contribution in [0.25, 0.3) is 10.8 Å². The predicted octanol–water partition coefficient (Wildman–Crippen LogP) is 0.874. The standard InChI is InChI=1S/C16H12N2O6/c19-13(20)5-2-8-17-15(21)10-4-1-3-9-12(18(23)24)7-6-11(14(9)10)16(17)22/h1,3-4,6-7H,2,5,8H2,(H,19,20)/p-1. The van der Waals surface area contributed by atoms with Gasteiger partial charge in [0.15, 0.2) is 0 Å². The molecule has 8 nitrogen and oxygen atoms in total. The Morgan fingerprint density at radius 1 is 1.08 bits per heavy atom. The summed E-state index contributed by atoms with van der Waals surface area (Å²) >= 11 is 0. The highest BCUT2D eigenvalue weighted by molar-refractivity contribution is 6.26. The van der Waals surface area contributed by atoms with Gasteiger partial charge in [0, 0.05) is 35.1 Å². The molecule has 0 fully saturated rings. The van der Waals surface area contributed by atoms with Gasteiger partial charge < -0.3 is 9.90 Å². The molecule has 8 heteroatoms. The Balaban J connectivity index is 2.09. The SMILES string of the molecule is O=C([O-])CCCN1C(=O)c2cccc3c([N+](=O)[O-])ccc(c23)C1=O. The number of nitro benzene ring substituents is 1. The lowest BCUT2D eigenvalue weighted by Crippen LogP contribution is -2.41. The molecule has 1 aliphatic rings. The summed E-state index contributed by atoms with van der Waals surface area (Å²) in [5.74, 6) is -2.43. The Hall–Kier alpha value is -3.29. The Labute approximate surface area is 135 Å². The zero-order valence-electron chi connectivity index (χ0n) is 12.4. The number of imide groups is 1. The van der Waals surface area contributed by atoms with Crippen LogP contribution in [0.5, 0.6) is 0 Å². The molecule has 0 spiro atoms. The number of nitro groups is 1. The number of benzene rings is 2. The molecule has 3 rings (SSSR count). The smallest absolute Gasteiger partial charge is 0.277 e. The molecule has 0 atom stereocenters. The summed E-state index contributed by atoms with van der Waals surface area (Å²) in [5, 5.41) is 22.1. The molecule has 2 aromatic rings. The predicted molar refractivity (Wildman–Crippen MR) is 80.2 cm³/mol. The van der Waals surface area contributed by atoms with Gasteiger partial charge in [0.2, 0.25) is 0 Å². The molecule has 0 bridgehead atoms. The molecule has 0 aromatic heterocycles. The number of hydrogen-bond acceptors (Lipinski definition) is 6. The van der Waals surface area contributed by atoms with Crippen molar-refractivity contribution in [1.82, 2.24) is 4.90 Å². The van der Waals surface area contributed by atoms with Crippen molar-refractivity contribution in [2.24, 2.45) is 0 Å². The lowest BCUT2D eigenvalue weighted by Gasteiger charge is -2.27. The van der Waals surface area contributed by atoms with Crippen LogP contribution in [-0.4, -0.2) is 34.2 Å². The van der Waals surface area contributed by atoms with E-state index in [1.54, 1.807) is 0 Å². The van der Waals surface area contributed by atoms with Crippen molar-refractivity contribution in [3.05, 3.63) is 51.6 Å². The number of carboxylic acids is 1. The second-order valence-electron chi connectivity index (χ2n) is 5.35. The highest BCUT2D eigenvalue weighted by Crippen LogP contribution is 2.35. The summed E-state index contributed by atoms with van der Waals surface area (Å²) in [7, 11) is 0. The molecule has 2 aromatic carbocycles. The van der Waals surface area contributed by atoms with E-state index in [2.05, 4.69) is 0 Å². The summed E-state index contributed by atoms with van der Waals surface area (Å²) in [5.41, 5.74) is 0.208. The van der Waals surface area contributed by atoms with Crippen LogP contribution < -0.4 is 5.11 Å². The van der Waals surface area contributed by atoms with Gasteiger partial charge in [0.25, 0.3) is 17.5 Å². The average Bonchev–Trinajstić information content (AvgIpc) is 2.54. The number of aliphatic carboxylic acids is 1. The molecule has 0 unspecified atom stereocenters. The fourth-order valence-electron chi connectivity index (χ4n) is 2.87. The first-order chi connectivity index (χ1) is 11.4. The van der Waals surface area contributed by atoms with Crippen LogP contribution in [0, 0.1) is 10.1 Å². The Bertz CT molecular complexity index is 883. The average molecular weight is 327 g/mol. The van der Waals surface area contributed by atoms with Crippen LogP contribution in [0.3, 0.4) is 0 Å². The second kappa shape index (κ2) is 5.73. The van der Waals surface area contributed by atoms with Crippen LogP contribution in [-0.2, 0) is 4.79 Å². The third-order valence-corrected chi connectivity index (χ3v) is 3.93. The maximum Gasteiger partial charge on any atom is 0.277 e. The maximum atomic E-state index is 12.5. The highest BCUT2D eigenvalue weighted by Gasteiger charge is 2.34. The van der Waals surface area contributed by atoms with E-state index in [0.29, 0.717) is 0 Å². The molecule has 0 radical (unpaired) electrons. The summed E-state index contributed by atoms with van der Waals surface area (Å²) in [6.07, 6.45) is -0.188. The number of carbonyl (C=O) groups is 3. The summed E-state index contributed by atoms with van der Waals surface area (Å²) in [4.78, 5) is 47.1. The van der Waals surface area contributed by atoms with Crippen molar-refractivity contribution >= 4 is 34.2 Å². The summed E-state index contributed by atoms with van der Waals surface area (Å²) in [6, 6.07) is 7.06. The fraction of sp³-hybridized carbons (Fsp3) is 0.188. The van der Waals surface area contributed by atoms with Gasteiger partial charge in [-0.1, -0.05) is 6.07 Å². The lowest BCUT2D eigenvalue weighted by atomic mass is 9.93. The maximum absolute atomic E-state index is 12.5. The zero-order valence-corrected chi connectivity index (χ0v) is 12.4. The molecule has 0 aliphatic carbocycles. The van der Waals surface area contributed by atoms with Gasteiger partial charge in [-0.25, -0.2) is 0 Å². The van der Waals surface area contributed by atoms with Crippen LogP contribution >= 0.6 is 0 Å². The lowest BCUT2D eigenvalue weighted by molar-refractivity contribution is -0.383. The van der Waals surface area contributed by atoms with Gasteiger partial charge >= 0.3 is 0 Å². The normalized spacial score (nSPS) is 13.4. The fourth-order valence-corrected chi connectivity index (χ4v) is 2.87. The number of carboxylic acid groups (broad SMARTS) is 1. The van der Waals surface area contributed by atoms with Crippen LogP contribution in [0.1, 0.15) is 33.6 Å². The van der Waals surface area contributed by atoms with Crippen molar-refractivity contribution in [3.8, 4) is 0 Å². The summed E-state index contributed by atoms with van der Waals surface area (Å²) in [6.45, 7) is -0.0571. The first-order valence-corrected chi connectivity index (χ1v) is 7.18. The minimum absolute atomic E-state index is 0.0571. The van der Waals surface area contributed by atoms with E-state index < -0.39 is 22.7 Å². The minimum atomic E-state index is -1.26. The minimum Gasteiger partial charge on any atom is -0.550 e. The molecular formula is C16H11N2O6-. The first-order valence-electron chi connectivity index (χ1n) is 7.18. The van der Waals surface area contributed by atoms with E-state index in [9.17, 15) is 29.6 Å².